The summed E-state index contributed by atoms with van der Waals surface area (Å²) in [4.78, 5) is 11.5. The molecule has 0 aliphatic carbocycles. The molecule has 0 aromatic rings. The second-order valence-corrected chi connectivity index (χ2v) is 8.23. The van der Waals surface area contributed by atoms with Crippen LogP contribution in [0.15, 0.2) is 11.8 Å². The summed E-state index contributed by atoms with van der Waals surface area (Å²) in [6.07, 6.45) is 15.9. The Morgan fingerprint density at radius 1 is 0.867 bits per heavy atom. The smallest absolute Gasteiger partial charge is 0.147 e. The van der Waals surface area contributed by atoms with Crippen LogP contribution in [0, 0.1) is 0 Å². The molecule has 30 heavy (non-hydrogen) atoms. The predicted molar refractivity (Wildman–Crippen MR) is 126 cm³/mol. The van der Waals surface area contributed by atoms with Crippen LogP contribution in [0.5, 0.6) is 0 Å². The predicted octanol–water partition coefficient (Wildman–Crippen LogP) is 5.55. The Balaban J connectivity index is 4.42. The zero-order chi connectivity index (χ0) is 22.3. The Hall–Kier alpha value is -0.910. The maximum atomic E-state index is 11.5. The molecule has 0 aromatic heterocycles. The zero-order valence-electron chi connectivity index (χ0n) is 20.0. The quantitative estimate of drug-likeness (QED) is 0.127. The first-order chi connectivity index (χ1) is 14.7. The number of unbranched alkanes of at least 4 members (excludes halogenated alkanes) is 9. The molecule has 5 nitrogen and oxygen atoms in total. The number of aliphatic hydroxyl groups is 1. The highest BCUT2D eigenvalue weighted by Crippen LogP contribution is 2.13. The number of hydrogen-bond acceptors (Lipinski definition) is 5. The van der Waals surface area contributed by atoms with Gasteiger partial charge in [-0.3, -0.25) is 4.79 Å². The first-order valence-corrected chi connectivity index (χ1v) is 12.4. The molecule has 178 valence electrons. The molecular weight excluding hydrogens is 378 g/mol. The van der Waals surface area contributed by atoms with Crippen molar-refractivity contribution in [1.29, 1.82) is 0 Å². The maximum absolute atomic E-state index is 11.5. The summed E-state index contributed by atoms with van der Waals surface area (Å²) >= 11 is 0. The van der Waals surface area contributed by atoms with Crippen LogP contribution < -0.4 is 5.32 Å². The van der Waals surface area contributed by atoms with Crippen LogP contribution >= 0.6 is 0 Å². The molecular formula is C25H49NO4. The molecule has 0 aliphatic heterocycles. The average molecular weight is 428 g/mol. The van der Waals surface area contributed by atoms with E-state index in [1.165, 1.54) is 32.1 Å². The van der Waals surface area contributed by atoms with Gasteiger partial charge < -0.3 is 19.9 Å². The van der Waals surface area contributed by atoms with E-state index >= 15 is 0 Å². The number of aldehydes is 1. The number of ether oxygens (including phenoxy) is 2. The van der Waals surface area contributed by atoms with E-state index in [4.69, 9.17) is 9.47 Å². The van der Waals surface area contributed by atoms with Gasteiger partial charge in [-0.05, 0) is 19.3 Å². The van der Waals surface area contributed by atoms with Crippen molar-refractivity contribution in [3.05, 3.63) is 11.8 Å². The van der Waals surface area contributed by atoms with Gasteiger partial charge in [0.1, 0.15) is 12.4 Å². The van der Waals surface area contributed by atoms with Gasteiger partial charge >= 0.3 is 0 Å². The largest absolute Gasteiger partial charge is 0.391 e. The lowest BCUT2D eigenvalue weighted by atomic mass is 10.1. The number of carbonyl (C=O) groups is 1. The fraction of sp³-hybridized carbons (Fsp3) is 0.880. The second kappa shape index (κ2) is 22.8. The molecule has 0 aliphatic rings. The van der Waals surface area contributed by atoms with E-state index in [0.717, 1.165) is 57.8 Å². The van der Waals surface area contributed by atoms with E-state index in [1.807, 2.05) is 0 Å². The Labute approximate surface area is 186 Å². The number of carbonyl (C=O) groups excluding carboxylic acids is 1. The third-order valence-corrected chi connectivity index (χ3v) is 5.24. The average Bonchev–Trinajstić information content (AvgIpc) is 2.76. The molecule has 0 saturated carbocycles. The van der Waals surface area contributed by atoms with E-state index in [0.29, 0.717) is 25.2 Å². The fourth-order valence-electron chi connectivity index (χ4n) is 3.24. The van der Waals surface area contributed by atoms with E-state index < -0.39 is 12.2 Å². The molecule has 0 spiro atoms. The van der Waals surface area contributed by atoms with E-state index in [1.54, 1.807) is 6.20 Å². The molecule has 0 aromatic carbocycles. The van der Waals surface area contributed by atoms with E-state index in [-0.39, 0.29) is 6.61 Å². The summed E-state index contributed by atoms with van der Waals surface area (Å²) < 4.78 is 11.6. The SMILES string of the molecule is CCCCCCCCN/C=C(/C=O)C[C@H](OCCCCC)[C@H](O)COCCCCC. The molecule has 2 atom stereocenters. The molecule has 0 rings (SSSR count). The highest BCUT2D eigenvalue weighted by molar-refractivity contribution is 5.73. The number of aliphatic hydroxyl groups excluding tert-OH is 1. The number of rotatable bonds is 23. The van der Waals surface area contributed by atoms with Gasteiger partial charge in [0.05, 0.1) is 12.7 Å². The third kappa shape index (κ3) is 17.9. The summed E-state index contributed by atoms with van der Waals surface area (Å²) in [6.45, 7) is 8.91. The lowest BCUT2D eigenvalue weighted by Gasteiger charge is -2.23. The van der Waals surface area contributed by atoms with Gasteiger partial charge in [-0.15, -0.1) is 0 Å². The van der Waals surface area contributed by atoms with Crippen molar-refractivity contribution in [1.82, 2.24) is 5.32 Å². The summed E-state index contributed by atoms with van der Waals surface area (Å²) in [7, 11) is 0. The summed E-state index contributed by atoms with van der Waals surface area (Å²) in [5, 5.41) is 13.8. The van der Waals surface area contributed by atoms with Crippen LogP contribution in [0.25, 0.3) is 0 Å². The fourth-order valence-corrected chi connectivity index (χ4v) is 3.24. The molecule has 2 N–H and O–H groups in total. The first-order valence-electron chi connectivity index (χ1n) is 12.4. The second-order valence-electron chi connectivity index (χ2n) is 8.23. The Kier molecular flexibility index (Phi) is 22.1. The van der Waals surface area contributed by atoms with Crippen molar-refractivity contribution in [2.45, 2.75) is 116 Å². The number of nitrogens with one attached hydrogen (secondary N) is 1. The van der Waals surface area contributed by atoms with Crippen LogP contribution in [0.1, 0.15) is 104 Å². The molecule has 0 fully saturated rings. The van der Waals surface area contributed by atoms with Gasteiger partial charge in [-0.2, -0.15) is 0 Å². The number of hydrogen-bond donors (Lipinski definition) is 2. The molecule has 5 heteroatoms. The van der Waals surface area contributed by atoms with Gasteiger partial charge in [-0.25, -0.2) is 0 Å². The Morgan fingerprint density at radius 2 is 1.47 bits per heavy atom. The molecule has 0 saturated heterocycles. The van der Waals surface area contributed by atoms with Crippen LogP contribution in [0.2, 0.25) is 0 Å². The van der Waals surface area contributed by atoms with Crippen LogP contribution in [-0.2, 0) is 14.3 Å². The Bertz CT molecular complexity index is 401. The monoisotopic (exact) mass is 427 g/mol. The van der Waals surface area contributed by atoms with E-state index in [9.17, 15) is 9.90 Å². The van der Waals surface area contributed by atoms with Gasteiger partial charge in [0.25, 0.3) is 0 Å². The summed E-state index contributed by atoms with van der Waals surface area (Å²) in [5.74, 6) is 0. The van der Waals surface area contributed by atoms with Gasteiger partial charge in [0.15, 0.2) is 0 Å². The first kappa shape index (κ1) is 29.1. The molecule has 0 radical (unpaired) electrons. The molecule has 0 unspecified atom stereocenters. The zero-order valence-corrected chi connectivity index (χ0v) is 20.0. The minimum atomic E-state index is -0.727. The van der Waals surface area contributed by atoms with Crippen molar-refractivity contribution in [3.63, 3.8) is 0 Å². The topological polar surface area (TPSA) is 67.8 Å². The van der Waals surface area contributed by atoms with E-state index in [2.05, 4.69) is 26.1 Å². The van der Waals surface area contributed by atoms with Crippen LogP contribution in [0.4, 0.5) is 0 Å². The minimum absolute atomic E-state index is 0.249. The summed E-state index contributed by atoms with van der Waals surface area (Å²) in [5.41, 5.74) is 0.631. The lowest BCUT2D eigenvalue weighted by Crippen LogP contribution is -2.34. The van der Waals surface area contributed by atoms with Crippen molar-refractivity contribution in [2.75, 3.05) is 26.4 Å². The van der Waals surface area contributed by atoms with Crippen molar-refractivity contribution in [2.24, 2.45) is 0 Å². The van der Waals surface area contributed by atoms with Crippen molar-refractivity contribution >= 4 is 6.29 Å². The standard InChI is InChI=1S/C25H49NO4/c1-4-7-10-11-12-13-16-26-20-23(21-27)19-25(30-18-15-9-6-3)24(28)22-29-17-14-8-5-2/h20-21,24-26,28H,4-19,22H2,1-3H3/b23-20+/t24-,25+/m1/s1. The lowest BCUT2D eigenvalue weighted by molar-refractivity contribution is -0.106. The molecule has 0 bridgehead atoms. The van der Waals surface area contributed by atoms with Crippen molar-refractivity contribution < 1.29 is 19.4 Å². The molecule has 0 heterocycles. The highest BCUT2D eigenvalue weighted by Gasteiger charge is 2.21. The highest BCUT2D eigenvalue weighted by atomic mass is 16.5. The van der Waals surface area contributed by atoms with Crippen LogP contribution in [0.3, 0.4) is 0 Å². The van der Waals surface area contributed by atoms with Crippen molar-refractivity contribution in [3.8, 4) is 0 Å². The van der Waals surface area contributed by atoms with Crippen LogP contribution in [-0.4, -0.2) is 50.0 Å². The molecule has 0 amide bonds. The normalized spacial score (nSPS) is 13.9. The van der Waals surface area contributed by atoms with Gasteiger partial charge in [0, 0.05) is 38.0 Å². The third-order valence-electron chi connectivity index (χ3n) is 5.24. The minimum Gasteiger partial charge on any atom is -0.391 e. The van der Waals surface area contributed by atoms with Gasteiger partial charge in [-0.1, -0.05) is 78.6 Å². The Morgan fingerprint density at radius 3 is 2.13 bits per heavy atom. The maximum Gasteiger partial charge on any atom is 0.147 e. The summed E-state index contributed by atoms with van der Waals surface area (Å²) in [6, 6.07) is 0. The van der Waals surface area contributed by atoms with Gasteiger partial charge in [0.2, 0.25) is 0 Å².